The van der Waals surface area contributed by atoms with Crippen LogP contribution in [-0.4, -0.2) is 10.9 Å². The Morgan fingerprint density at radius 3 is 2.42 bits per heavy atom. The Morgan fingerprint density at radius 1 is 1.42 bits per heavy atom. The van der Waals surface area contributed by atoms with Gasteiger partial charge in [-0.05, 0) is 18.1 Å². The number of nitrogens with zero attached hydrogens (tertiary/aromatic N) is 1. The van der Waals surface area contributed by atoms with Crippen molar-refractivity contribution in [1.82, 2.24) is 0 Å². The van der Waals surface area contributed by atoms with E-state index in [0.717, 1.165) is 11.1 Å². The van der Waals surface area contributed by atoms with Crippen molar-refractivity contribution in [3.8, 4) is 0 Å². The molecule has 0 saturated heterocycles. The zero-order valence-electron chi connectivity index (χ0n) is 6.99. The van der Waals surface area contributed by atoms with Crippen LogP contribution < -0.4 is 0 Å². The summed E-state index contributed by atoms with van der Waals surface area (Å²) >= 11 is 0. The van der Waals surface area contributed by atoms with Gasteiger partial charge >= 0.3 is 0 Å². The Morgan fingerprint density at radius 2 is 2.00 bits per heavy atom. The second kappa shape index (κ2) is 3.72. The van der Waals surface area contributed by atoms with E-state index in [0.29, 0.717) is 5.71 Å². The van der Waals surface area contributed by atoms with Crippen LogP contribution in [0.3, 0.4) is 0 Å². The largest absolute Gasteiger partial charge is 0.411 e. The SMILES string of the molecule is C=Cc1ccc(/C(C)=N\O)cc1. The van der Waals surface area contributed by atoms with Crippen molar-refractivity contribution in [2.45, 2.75) is 6.92 Å². The Labute approximate surface area is 71.8 Å². The van der Waals surface area contributed by atoms with Crippen LogP contribution in [0.2, 0.25) is 0 Å². The standard InChI is InChI=1S/C10H11NO/c1-3-9-4-6-10(7-5-9)8(2)11-12/h3-7,12H,1H2,2H3/b11-8-. The Hall–Kier alpha value is -1.57. The zero-order valence-corrected chi connectivity index (χ0v) is 6.99. The predicted octanol–water partition coefficient (Wildman–Crippen LogP) is 2.53. The summed E-state index contributed by atoms with van der Waals surface area (Å²) in [5.74, 6) is 0. The van der Waals surface area contributed by atoms with E-state index in [9.17, 15) is 0 Å². The van der Waals surface area contributed by atoms with E-state index in [1.54, 1.807) is 13.0 Å². The summed E-state index contributed by atoms with van der Waals surface area (Å²) in [6.45, 7) is 5.40. The number of hydrogen-bond acceptors (Lipinski definition) is 2. The van der Waals surface area contributed by atoms with Gasteiger partial charge in [-0.2, -0.15) is 0 Å². The van der Waals surface area contributed by atoms with Crippen LogP contribution in [0.4, 0.5) is 0 Å². The summed E-state index contributed by atoms with van der Waals surface area (Å²) in [6, 6.07) is 7.64. The van der Waals surface area contributed by atoms with E-state index in [-0.39, 0.29) is 0 Å². The average Bonchev–Trinajstić information content (AvgIpc) is 2.17. The molecule has 0 saturated carbocycles. The highest BCUT2D eigenvalue weighted by Crippen LogP contribution is 2.06. The van der Waals surface area contributed by atoms with Crippen molar-refractivity contribution in [2.75, 3.05) is 0 Å². The molecule has 0 aliphatic rings. The molecular formula is C10H11NO. The van der Waals surface area contributed by atoms with E-state index < -0.39 is 0 Å². The van der Waals surface area contributed by atoms with Crippen LogP contribution in [0.5, 0.6) is 0 Å². The minimum atomic E-state index is 0.616. The lowest BCUT2D eigenvalue weighted by molar-refractivity contribution is 0.319. The van der Waals surface area contributed by atoms with E-state index in [4.69, 9.17) is 5.21 Å². The maximum atomic E-state index is 8.48. The molecule has 0 heterocycles. The molecule has 1 aromatic rings. The van der Waals surface area contributed by atoms with Crippen LogP contribution >= 0.6 is 0 Å². The second-order valence-corrected chi connectivity index (χ2v) is 2.51. The third-order valence-electron chi connectivity index (χ3n) is 1.71. The number of oxime groups is 1. The third-order valence-corrected chi connectivity index (χ3v) is 1.71. The van der Waals surface area contributed by atoms with Crippen molar-refractivity contribution in [3.05, 3.63) is 42.0 Å². The monoisotopic (exact) mass is 161 g/mol. The van der Waals surface area contributed by atoms with Gasteiger partial charge in [-0.1, -0.05) is 42.1 Å². The lowest BCUT2D eigenvalue weighted by atomic mass is 10.1. The highest BCUT2D eigenvalue weighted by molar-refractivity contribution is 5.98. The van der Waals surface area contributed by atoms with Gasteiger partial charge in [-0.15, -0.1) is 0 Å². The molecule has 1 N–H and O–H groups in total. The normalized spacial score (nSPS) is 11.2. The van der Waals surface area contributed by atoms with Gasteiger partial charge in [0, 0.05) is 0 Å². The first kappa shape index (κ1) is 8.53. The fourth-order valence-corrected chi connectivity index (χ4v) is 0.918. The van der Waals surface area contributed by atoms with Gasteiger partial charge in [0.1, 0.15) is 0 Å². The van der Waals surface area contributed by atoms with Crippen LogP contribution in [0, 0.1) is 0 Å². The fourth-order valence-electron chi connectivity index (χ4n) is 0.918. The molecule has 62 valence electrons. The molecule has 0 atom stereocenters. The molecular weight excluding hydrogens is 150 g/mol. The summed E-state index contributed by atoms with van der Waals surface area (Å²) in [5.41, 5.74) is 2.60. The lowest BCUT2D eigenvalue weighted by Gasteiger charge is -1.98. The number of rotatable bonds is 2. The number of benzene rings is 1. The second-order valence-electron chi connectivity index (χ2n) is 2.51. The number of hydrogen-bond donors (Lipinski definition) is 1. The summed E-state index contributed by atoms with van der Waals surface area (Å²) < 4.78 is 0. The van der Waals surface area contributed by atoms with Gasteiger partial charge in [-0.25, -0.2) is 0 Å². The van der Waals surface area contributed by atoms with Gasteiger partial charge in [-0.3, -0.25) is 0 Å². The van der Waals surface area contributed by atoms with Crippen molar-refractivity contribution in [1.29, 1.82) is 0 Å². The van der Waals surface area contributed by atoms with Gasteiger partial charge < -0.3 is 5.21 Å². The predicted molar refractivity (Wildman–Crippen MR) is 50.5 cm³/mol. The molecule has 1 rings (SSSR count). The first-order valence-corrected chi connectivity index (χ1v) is 3.69. The van der Waals surface area contributed by atoms with Crippen molar-refractivity contribution in [3.63, 3.8) is 0 Å². The molecule has 0 spiro atoms. The van der Waals surface area contributed by atoms with Gasteiger partial charge in [0.25, 0.3) is 0 Å². The molecule has 0 aliphatic carbocycles. The van der Waals surface area contributed by atoms with Gasteiger partial charge in [0.15, 0.2) is 0 Å². The molecule has 0 fully saturated rings. The summed E-state index contributed by atoms with van der Waals surface area (Å²) in [4.78, 5) is 0. The van der Waals surface area contributed by atoms with Crippen LogP contribution in [0.1, 0.15) is 18.1 Å². The molecule has 1 aromatic carbocycles. The molecule has 2 heteroatoms. The van der Waals surface area contributed by atoms with Crippen molar-refractivity contribution >= 4 is 11.8 Å². The Kier molecular flexibility index (Phi) is 2.64. The van der Waals surface area contributed by atoms with Crippen LogP contribution in [0.25, 0.3) is 6.08 Å². The van der Waals surface area contributed by atoms with E-state index in [2.05, 4.69) is 11.7 Å². The first-order valence-electron chi connectivity index (χ1n) is 3.69. The fraction of sp³-hybridized carbons (Fsp3) is 0.100. The topological polar surface area (TPSA) is 32.6 Å². The molecule has 2 nitrogen and oxygen atoms in total. The quantitative estimate of drug-likeness (QED) is 0.403. The summed E-state index contributed by atoms with van der Waals surface area (Å²) in [5, 5.41) is 11.6. The van der Waals surface area contributed by atoms with E-state index in [1.165, 1.54) is 0 Å². The van der Waals surface area contributed by atoms with E-state index in [1.807, 2.05) is 24.3 Å². The van der Waals surface area contributed by atoms with Crippen molar-refractivity contribution in [2.24, 2.45) is 5.16 Å². The lowest BCUT2D eigenvalue weighted by Crippen LogP contribution is -1.93. The molecule has 0 unspecified atom stereocenters. The van der Waals surface area contributed by atoms with Crippen LogP contribution in [-0.2, 0) is 0 Å². The third kappa shape index (κ3) is 1.72. The van der Waals surface area contributed by atoms with Crippen molar-refractivity contribution < 1.29 is 5.21 Å². The maximum absolute atomic E-state index is 8.48. The summed E-state index contributed by atoms with van der Waals surface area (Å²) in [7, 11) is 0. The average molecular weight is 161 g/mol. The molecule has 0 amide bonds. The molecule has 0 bridgehead atoms. The van der Waals surface area contributed by atoms with Gasteiger partial charge in [0.2, 0.25) is 0 Å². The highest BCUT2D eigenvalue weighted by Gasteiger charge is 1.95. The minimum Gasteiger partial charge on any atom is -0.411 e. The maximum Gasteiger partial charge on any atom is 0.0836 e. The minimum absolute atomic E-state index is 0.616. The molecule has 0 aliphatic heterocycles. The highest BCUT2D eigenvalue weighted by atomic mass is 16.4. The Balaban J connectivity index is 2.99. The van der Waals surface area contributed by atoms with E-state index >= 15 is 0 Å². The Bertz CT molecular complexity index is 298. The molecule has 0 radical (unpaired) electrons. The molecule has 12 heavy (non-hydrogen) atoms. The first-order chi connectivity index (χ1) is 5.77. The van der Waals surface area contributed by atoms with Gasteiger partial charge in [0.05, 0.1) is 5.71 Å². The van der Waals surface area contributed by atoms with Crippen LogP contribution in [0.15, 0.2) is 36.0 Å². The zero-order chi connectivity index (χ0) is 8.97. The summed E-state index contributed by atoms with van der Waals surface area (Å²) in [6.07, 6.45) is 1.77. The smallest absolute Gasteiger partial charge is 0.0836 e. The molecule has 0 aromatic heterocycles.